The molecule has 0 spiro atoms. The van der Waals surface area contributed by atoms with Gasteiger partial charge in [-0.15, -0.1) is 0 Å². The zero-order valence-electron chi connectivity index (χ0n) is 15.1. The molecule has 1 aliphatic rings. The number of aliphatic hydroxyl groups excluding tert-OH is 1. The van der Waals surface area contributed by atoms with E-state index in [1.807, 2.05) is 0 Å². The molecule has 9 nitrogen and oxygen atoms in total. The maximum atomic E-state index is 12.6. The van der Waals surface area contributed by atoms with Crippen LogP contribution in [0.3, 0.4) is 0 Å². The van der Waals surface area contributed by atoms with Crippen molar-refractivity contribution in [2.24, 2.45) is 0 Å². The van der Waals surface area contributed by atoms with E-state index in [9.17, 15) is 9.59 Å². The van der Waals surface area contributed by atoms with Gasteiger partial charge in [0.15, 0.2) is 0 Å². The van der Waals surface area contributed by atoms with Crippen molar-refractivity contribution in [3.05, 3.63) is 18.2 Å². The Morgan fingerprint density at radius 3 is 2.73 bits per heavy atom. The summed E-state index contributed by atoms with van der Waals surface area (Å²) >= 11 is 0. The van der Waals surface area contributed by atoms with Gasteiger partial charge in [0, 0.05) is 25.7 Å². The lowest BCUT2D eigenvalue weighted by molar-refractivity contribution is -0.121. The molecule has 1 aromatic rings. The van der Waals surface area contributed by atoms with Crippen LogP contribution in [-0.4, -0.2) is 82.2 Å². The molecule has 0 atom stereocenters. The molecule has 3 amide bonds. The molecule has 26 heavy (non-hydrogen) atoms. The van der Waals surface area contributed by atoms with Gasteiger partial charge in [-0.3, -0.25) is 9.69 Å². The lowest BCUT2D eigenvalue weighted by Crippen LogP contribution is -2.40. The molecule has 0 bridgehead atoms. The maximum Gasteiger partial charge on any atom is 0.325 e. The summed E-state index contributed by atoms with van der Waals surface area (Å²) in [7, 11) is 3.09. The van der Waals surface area contributed by atoms with Crippen LogP contribution >= 0.6 is 0 Å². The van der Waals surface area contributed by atoms with Crippen LogP contribution in [0.15, 0.2) is 18.2 Å². The highest BCUT2D eigenvalue weighted by Gasteiger charge is 2.32. The second-order valence-electron chi connectivity index (χ2n) is 5.58. The van der Waals surface area contributed by atoms with Gasteiger partial charge in [0.1, 0.15) is 18.0 Å². The molecule has 1 saturated heterocycles. The Kier molecular flexibility index (Phi) is 7.49. The number of aliphatic hydroxyl groups is 1. The standard InChI is InChI=1S/C17H25N3O6/c1-24-13-3-4-15(25-2)14(11-13)20-7-6-19(17(20)23)12-16(22)18-5-9-26-10-8-21/h3-4,11,21H,5-10,12H2,1-2H3,(H,18,22). The van der Waals surface area contributed by atoms with E-state index < -0.39 is 0 Å². The van der Waals surface area contributed by atoms with Gasteiger partial charge in [-0.1, -0.05) is 0 Å². The number of rotatable bonds is 10. The summed E-state index contributed by atoms with van der Waals surface area (Å²) in [5, 5.41) is 11.3. The second kappa shape index (κ2) is 9.83. The SMILES string of the molecule is COc1ccc(OC)c(N2CCN(CC(=O)NCCOCCO)C2=O)c1. The Morgan fingerprint density at radius 2 is 2.04 bits per heavy atom. The first-order valence-electron chi connectivity index (χ1n) is 8.34. The number of carbonyl (C=O) groups is 2. The minimum absolute atomic E-state index is 0.0262. The predicted octanol–water partition coefficient (Wildman–Crippen LogP) is 0.0709. The lowest BCUT2D eigenvalue weighted by Gasteiger charge is -2.21. The molecule has 0 saturated carbocycles. The summed E-state index contributed by atoms with van der Waals surface area (Å²) in [5.74, 6) is 0.921. The Morgan fingerprint density at radius 1 is 1.23 bits per heavy atom. The molecule has 0 aliphatic carbocycles. The van der Waals surface area contributed by atoms with Gasteiger partial charge >= 0.3 is 6.03 Å². The first-order valence-corrected chi connectivity index (χ1v) is 8.34. The van der Waals surface area contributed by atoms with Crippen LogP contribution in [0.25, 0.3) is 0 Å². The molecule has 1 fully saturated rings. The second-order valence-corrected chi connectivity index (χ2v) is 5.58. The van der Waals surface area contributed by atoms with Crippen molar-refractivity contribution in [2.75, 3.05) is 65.1 Å². The van der Waals surface area contributed by atoms with Crippen LogP contribution in [0, 0.1) is 0 Å². The summed E-state index contributed by atoms with van der Waals surface area (Å²) in [6.07, 6.45) is 0. The number of hydrogen-bond donors (Lipinski definition) is 2. The van der Waals surface area contributed by atoms with E-state index >= 15 is 0 Å². The highest BCUT2D eigenvalue weighted by molar-refractivity contribution is 5.97. The van der Waals surface area contributed by atoms with E-state index in [0.717, 1.165) is 0 Å². The average Bonchev–Trinajstić information content (AvgIpc) is 3.01. The van der Waals surface area contributed by atoms with Crippen molar-refractivity contribution in [1.82, 2.24) is 10.2 Å². The van der Waals surface area contributed by atoms with E-state index in [1.165, 1.54) is 12.0 Å². The van der Waals surface area contributed by atoms with Gasteiger partial charge in [-0.25, -0.2) is 4.79 Å². The number of urea groups is 1. The van der Waals surface area contributed by atoms with E-state index in [0.29, 0.717) is 43.4 Å². The Labute approximate surface area is 152 Å². The Bertz CT molecular complexity index is 625. The van der Waals surface area contributed by atoms with Crippen LogP contribution in [0.4, 0.5) is 10.5 Å². The van der Waals surface area contributed by atoms with Crippen LogP contribution in [0.2, 0.25) is 0 Å². The molecule has 2 rings (SSSR count). The Hall–Kier alpha value is -2.52. The van der Waals surface area contributed by atoms with Gasteiger partial charge in [0.2, 0.25) is 5.91 Å². The van der Waals surface area contributed by atoms with Crippen LogP contribution in [0.1, 0.15) is 0 Å². The van der Waals surface area contributed by atoms with Gasteiger partial charge in [-0.2, -0.15) is 0 Å². The monoisotopic (exact) mass is 367 g/mol. The molecule has 0 unspecified atom stereocenters. The lowest BCUT2D eigenvalue weighted by atomic mass is 10.2. The number of benzene rings is 1. The number of nitrogens with one attached hydrogen (secondary N) is 1. The molecule has 0 aromatic heterocycles. The van der Waals surface area contributed by atoms with E-state index in [2.05, 4.69) is 5.32 Å². The normalized spacial score (nSPS) is 13.9. The topological polar surface area (TPSA) is 101 Å². The number of ether oxygens (including phenoxy) is 3. The van der Waals surface area contributed by atoms with E-state index in [4.69, 9.17) is 19.3 Å². The van der Waals surface area contributed by atoms with Crippen molar-refractivity contribution >= 4 is 17.6 Å². The van der Waals surface area contributed by atoms with Crippen LogP contribution in [0.5, 0.6) is 11.5 Å². The fourth-order valence-corrected chi connectivity index (χ4v) is 2.62. The third kappa shape index (κ3) is 4.99. The van der Waals surface area contributed by atoms with Crippen molar-refractivity contribution in [3.8, 4) is 11.5 Å². The van der Waals surface area contributed by atoms with E-state index in [-0.39, 0.29) is 31.7 Å². The first kappa shape index (κ1) is 19.8. The number of anilines is 1. The maximum absolute atomic E-state index is 12.6. The zero-order valence-corrected chi connectivity index (χ0v) is 15.1. The van der Waals surface area contributed by atoms with Gasteiger partial charge < -0.3 is 29.5 Å². The average molecular weight is 367 g/mol. The molecule has 1 heterocycles. The molecule has 9 heteroatoms. The van der Waals surface area contributed by atoms with Crippen molar-refractivity contribution in [3.63, 3.8) is 0 Å². The Balaban J connectivity index is 1.92. The van der Waals surface area contributed by atoms with Gasteiger partial charge in [0.25, 0.3) is 0 Å². The van der Waals surface area contributed by atoms with Gasteiger partial charge in [-0.05, 0) is 12.1 Å². The summed E-state index contributed by atoms with van der Waals surface area (Å²) in [4.78, 5) is 27.7. The molecular weight excluding hydrogens is 342 g/mol. The molecule has 1 aromatic carbocycles. The van der Waals surface area contributed by atoms with Crippen LogP contribution in [-0.2, 0) is 9.53 Å². The largest absolute Gasteiger partial charge is 0.497 e. The van der Waals surface area contributed by atoms with Crippen LogP contribution < -0.4 is 19.7 Å². The minimum Gasteiger partial charge on any atom is -0.497 e. The quantitative estimate of drug-likeness (QED) is 0.568. The minimum atomic E-state index is -0.261. The molecule has 2 N–H and O–H groups in total. The van der Waals surface area contributed by atoms with E-state index in [1.54, 1.807) is 30.2 Å². The fraction of sp³-hybridized carbons (Fsp3) is 0.529. The zero-order chi connectivity index (χ0) is 18.9. The molecular formula is C17H25N3O6. The van der Waals surface area contributed by atoms with Crippen molar-refractivity contribution in [2.45, 2.75) is 0 Å². The smallest absolute Gasteiger partial charge is 0.325 e. The third-order valence-corrected chi connectivity index (χ3v) is 3.91. The van der Waals surface area contributed by atoms with Crippen molar-refractivity contribution < 1.29 is 28.9 Å². The summed E-state index contributed by atoms with van der Waals surface area (Å²) < 4.78 is 15.6. The molecule has 1 aliphatic heterocycles. The number of methoxy groups -OCH3 is 2. The number of carbonyl (C=O) groups excluding carboxylic acids is 2. The number of amides is 3. The molecule has 144 valence electrons. The predicted molar refractivity (Wildman–Crippen MR) is 94.8 cm³/mol. The first-order chi connectivity index (χ1) is 12.6. The summed E-state index contributed by atoms with van der Waals surface area (Å²) in [6, 6.07) is 4.97. The summed E-state index contributed by atoms with van der Waals surface area (Å²) in [6.45, 7) is 1.68. The number of hydrogen-bond acceptors (Lipinski definition) is 6. The third-order valence-electron chi connectivity index (χ3n) is 3.91. The molecule has 0 radical (unpaired) electrons. The summed E-state index contributed by atoms with van der Waals surface area (Å²) in [5.41, 5.74) is 0.608. The fourth-order valence-electron chi connectivity index (χ4n) is 2.62. The van der Waals surface area contributed by atoms with Gasteiger partial charge in [0.05, 0.1) is 39.7 Å². The van der Waals surface area contributed by atoms with Crippen molar-refractivity contribution in [1.29, 1.82) is 0 Å². The highest BCUT2D eigenvalue weighted by atomic mass is 16.5. The highest BCUT2D eigenvalue weighted by Crippen LogP contribution is 2.34. The number of nitrogens with zero attached hydrogens (tertiary/aromatic N) is 2.